The predicted molar refractivity (Wildman–Crippen MR) is 163 cm³/mol. The maximum absolute atomic E-state index is 2.70. The molecule has 0 bridgehead atoms. The van der Waals surface area contributed by atoms with Gasteiger partial charge in [0.25, 0.3) is 0 Å². The molecule has 1 rings (SSSR count). The van der Waals surface area contributed by atoms with Crippen LogP contribution in [0.25, 0.3) is 0 Å². The van der Waals surface area contributed by atoms with Crippen molar-refractivity contribution in [1.29, 1.82) is 0 Å². The zero-order chi connectivity index (χ0) is 25.9. The van der Waals surface area contributed by atoms with Crippen LogP contribution < -0.4 is 0 Å². The molecule has 214 valence electrons. The first-order valence-corrected chi connectivity index (χ1v) is 17.0. The normalized spacial score (nSPS) is 15.5. The lowest BCUT2D eigenvalue weighted by Gasteiger charge is -2.33. The Bertz CT molecular complexity index is 460. The van der Waals surface area contributed by atoms with E-state index in [9.17, 15) is 0 Å². The van der Waals surface area contributed by atoms with E-state index in [0.29, 0.717) is 6.17 Å². The molecule has 36 heavy (non-hydrogen) atoms. The van der Waals surface area contributed by atoms with E-state index in [1.165, 1.54) is 180 Å². The highest BCUT2D eigenvalue weighted by Crippen LogP contribution is 2.24. The van der Waals surface area contributed by atoms with Gasteiger partial charge in [0.05, 0.1) is 0 Å². The molecule has 0 aliphatic carbocycles. The lowest BCUT2D eigenvalue weighted by molar-refractivity contribution is 0.135. The lowest BCUT2D eigenvalue weighted by atomic mass is 10.0. The lowest BCUT2D eigenvalue weighted by Crippen LogP contribution is -2.39. The summed E-state index contributed by atoms with van der Waals surface area (Å²) < 4.78 is 0. The highest BCUT2D eigenvalue weighted by atomic mass is 15.4. The molecule has 1 heterocycles. The van der Waals surface area contributed by atoms with Gasteiger partial charge in [-0.05, 0) is 25.7 Å². The molecule has 0 aromatic carbocycles. The van der Waals surface area contributed by atoms with E-state index in [4.69, 9.17) is 0 Å². The van der Waals surface area contributed by atoms with Crippen molar-refractivity contribution < 1.29 is 0 Å². The van der Waals surface area contributed by atoms with Crippen LogP contribution in [0.4, 0.5) is 0 Å². The van der Waals surface area contributed by atoms with Gasteiger partial charge in [0.2, 0.25) is 0 Å². The van der Waals surface area contributed by atoms with E-state index in [1.807, 2.05) is 0 Å². The van der Waals surface area contributed by atoms with Gasteiger partial charge in [-0.1, -0.05) is 162 Å². The topological polar surface area (TPSA) is 6.48 Å². The van der Waals surface area contributed by atoms with E-state index in [2.05, 4.69) is 43.0 Å². The first-order chi connectivity index (χ1) is 17.8. The maximum atomic E-state index is 2.70. The Morgan fingerprint density at radius 3 is 0.972 bits per heavy atom. The third-order valence-electron chi connectivity index (χ3n) is 8.32. The van der Waals surface area contributed by atoms with Crippen LogP contribution in [0.3, 0.4) is 0 Å². The minimum Gasteiger partial charge on any atom is -0.356 e. The summed E-state index contributed by atoms with van der Waals surface area (Å²) in [6.07, 6.45) is 42.5. The first kappa shape index (κ1) is 33.4. The van der Waals surface area contributed by atoms with Crippen LogP contribution in [0.15, 0.2) is 12.4 Å². The van der Waals surface area contributed by atoms with Crippen LogP contribution >= 0.6 is 0 Å². The van der Waals surface area contributed by atoms with Gasteiger partial charge >= 0.3 is 0 Å². The van der Waals surface area contributed by atoms with Crippen LogP contribution in [-0.4, -0.2) is 29.1 Å². The quantitative estimate of drug-likeness (QED) is 0.0977. The highest BCUT2D eigenvalue weighted by molar-refractivity contribution is 4.97. The maximum Gasteiger partial charge on any atom is 0.101 e. The Morgan fingerprint density at radius 2 is 0.639 bits per heavy atom. The van der Waals surface area contributed by atoms with Crippen molar-refractivity contribution in [2.45, 2.75) is 194 Å². The summed E-state index contributed by atoms with van der Waals surface area (Å²) in [7, 11) is 0. The summed E-state index contributed by atoms with van der Waals surface area (Å²) in [6.45, 7) is 9.46. The molecule has 0 saturated heterocycles. The molecule has 2 nitrogen and oxygen atoms in total. The smallest absolute Gasteiger partial charge is 0.101 e. The van der Waals surface area contributed by atoms with E-state index in [1.54, 1.807) is 0 Å². The average molecular weight is 505 g/mol. The third-order valence-corrected chi connectivity index (χ3v) is 8.32. The molecule has 0 aromatic heterocycles. The van der Waals surface area contributed by atoms with Crippen molar-refractivity contribution in [3.05, 3.63) is 12.4 Å². The van der Waals surface area contributed by atoms with Gasteiger partial charge in [0.15, 0.2) is 0 Å². The van der Waals surface area contributed by atoms with E-state index >= 15 is 0 Å². The molecule has 2 heteroatoms. The summed E-state index contributed by atoms with van der Waals surface area (Å²) >= 11 is 0. The van der Waals surface area contributed by atoms with Gasteiger partial charge in [-0.25, -0.2) is 0 Å². The van der Waals surface area contributed by atoms with Crippen LogP contribution in [0.1, 0.15) is 188 Å². The number of hydrogen-bond acceptors (Lipinski definition) is 2. The van der Waals surface area contributed by atoms with E-state index in [-0.39, 0.29) is 0 Å². The molecule has 0 amide bonds. The molecule has 0 fully saturated rings. The van der Waals surface area contributed by atoms with Gasteiger partial charge < -0.3 is 9.80 Å². The second-order valence-electron chi connectivity index (χ2n) is 11.8. The number of rotatable bonds is 28. The number of unbranched alkanes of at least 4 members (excludes halogenated alkanes) is 22. The fraction of sp³-hybridized carbons (Fsp3) is 0.941. The van der Waals surface area contributed by atoms with Gasteiger partial charge in [-0.15, -0.1) is 0 Å². The molecule has 0 saturated carbocycles. The van der Waals surface area contributed by atoms with Crippen LogP contribution in [0.5, 0.6) is 0 Å². The fourth-order valence-electron chi connectivity index (χ4n) is 5.83. The SMILES string of the molecule is CCCCCCCCCCCCCC1N(CCCCCCC)C=CN1CCCCCCCCCCC. The van der Waals surface area contributed by atoms with Crippen molar-refractivity contribution >= 4 is 0 Å². The molecule has 1 aliphatic heterocycles. The molecule has 0 aromatic rings. The Balaban J connectivity index is 2.22. The zero-order valence-electron chi connectivity index (χ0n) is 25.4. The van der Waals surface area contributed by atoms with Gasteiger partial charge in [0, 0.05) is 25.5 Å². The van der Waals surface area contributed by atoms with Crippen molar-refractivity contribution in [3.8, 4) is 0 Å². The Morgan fingerprint density at radius 1 is 0.361 bits per heavy atom. The summed E-state index contributed by atoms with van der Waals surface area (Å²) in [5.41, 5.74) is 0. The van der Waals surface area contributed by atoms with Crippen molar-refractivity contribution in [2.75, 3.05) is 13.1 Å². The molecular weight excluding hydrogens is 436 g/mol. The van der Waals surface area contributed by atoms with E-state index in [0.717, 1.165) is 0 Å². The summed E-state index contributed by atoms with van der Waals surface area (Å²) in [4.78, 5) is 5.39. The second-order valence-corrected chi connectivity index (χ2v) is 11.8. The molecule has 0 radical (unpaired) electrons. The van der Waals surface area contributed by atoms with Crippen molar-refractivity contribution in [1.82, 2.24) is 9.80 Å². The average Bonchev–Trinajstić information content (AvgIpc) is 3.27. The molecule has 0 N–H and O–H groups in total. The highest BCUT2D eigenvalue weighted by Gasteiger charge is 2.24. The van der Waals surface area contributed by atoms with Crippen LogP contribution in [0, 0.1) is 0 Å². The number of nitrogens with zero attached hydrogens (tertiary/aromatic N) is 2. The molecule has 1 atom stereocenters. The fourth-order valence-corrected chi connectivity index (χ4v) is 5.83. The van der Waals surface area contributed by atoms with Crippen molar-refractivity contribution in [2.24, 2.45) is 0 Å². The minimum atomic E-state index is 0.642. The predicted octanol–water partition coefficient (Wildman–Crippen LogP) is 11.6. The molecule has 1 unspecified atom stereocenters. The zero-order valence-corrected chi connectivity index (χ0v) is 25.4. The second kappa shape index (κ2) is 26.0. The third kappa shape index (κ3) is 18.6. The molecule has 1 aliphatic rings. The van der Waals surface area contributed by atoms with Crippen LogP contribution in [-0.2, 0) is 0 Å². The minimum absolute atomic E-state index is 0.642. The monoisotopic (exact) mass is 505 g/mol. The standard InChI is InChI=1S/C34H68N2/c1-4-7-10-13-15-17-18-19-21-23-26-29-34-35(30-27-24-12-9-6-3)32-33-36(34)31-28-25-22-20-16-14-11-8-5-2/h32-34H,4-31H2,1-3H3. The van der Waals surface area contributed by atoms with Crippen LogP contribution in [0.2, 0.25) is 0 Å². The molecule has 0 spiro atoms. The Hall–Kier alpha value is -0.660. The van der Waals surface area contributed by atoms with Gasteiger partial charge in [0.1, 0.15) is 6.17 Å². The summed E-state index contributed by atoms with van der Waals surface area (Å²) in [6, 6.07) is 0. The Kier molecular flexibility index (Phi) is 24.1. The largest absolute Gasteiger partial charge is 0.356 e. The van der Waals surface area contributed by atoms with Gasteiger partial charge in [-0.2, -0.15) is 0 Å². The Labute approximate surface area is 229 Å². The molecular formula is C34H68N2. The van der Waals surface area contributed by atoms with Gasteiger partial charge in [-0.3, -0.25) is 0 Å². The first-order valence-electron chi connectivity index (χ1n) is 17.0. The summed E-state index contributed by atoms with van der Waals surface area (Å²) in [5, 5.41) is 0. The van der Waals surface area contributed by atoms with E-state index < -0.39 is 0 Å². The van der Waals surface area contributed by atoms with Crippen molar-refractivity contribution in [3.63, 3.8) is 0 Å². The summed E-state index contributed by atoms with van der Waals surface area (Å²) in [5.74, 6) is 0. The number of hydrogen-bond donors (Lipinski definition) is 0.